The highest BCUT2D eigenvalue weighted by molar-refractivity contribution is 14.1. The second kappa shape index (κ2) is 8.87. The molecule has 8 heteroatoms. The second-order valence-corrected chi connectivity index (χ2v) is 8.98. The number of ether oxygens (including phenoxy) is 1. The number of hydrogen-bond acceptors (Lipinski definition) is 4. The molecule has 1 N–H and O–H groups in total. The smallest absolute Gasteiger partial charge is 0.265 e. The lowest BCUT2D eigenvalue weighted by molar-refractivity contribution is -0.128. The summed E-state index contributed by atoms with van der Waals surface area (Å²) in [6.07, 6.45) is 1.57. The molecule has 1 heterocycles. The molecule has 1 saturated heterocycles. The van der Waals surface area contributed by atoms with Crippen LogP contribution in [0.3, 0.4) is 0 Å². The lowest BCUT2D eigenvalue weighted by Gasteiger charge is -2.25. The molecule has 0 radical (unpaired) electrons. The van der Waals surface area contributed by atoms with Gasteiger partial charge in [0.2, 0.25) is 0 Å². The minimum atomic E-state index is -0.488. The van der Waals surface area contributed by atoms with E-state index in [1.807, 2.05) is 31.2 Å². The fourth-order valence-corrected chi connectivity index (χ4v) is 4.86. The lowest BCUT2D eigenvalue weighted by Crippen LogP contribution is -2.52. The van der Waals surface area contributed by atoms with E-state index in [1.54, 1.807) is 6.08 Å². The summed E-state index contributed by atoms with van der Waals surface area (Å²) in [6.45, 7) is 2.52. The number of nitrogens with zero attached hydrogens (tertiary/aromatic N) is 1. The molecule has 0 saturated carbocycles. The van der Waals surface area contributed by atoms with E-state index in [9.17, 15) is 9.59 Å². The van der Waals surface area contributed by atoms with Crippen LogP contribution in [0.25, 0.3) is 6.08 Å². The third-order valence-electron chi connectivity index (χ3n) is 4.14. The van der Waals surface area contributed by atoms with Crippen molar-refractivity contribution in [3.05, 3.63) is 65.8 Å². The summed E-state index contributed by atoms with van der Waals surface area (Å²) in [4.78, 5) is 25.7. The Labute approximate surface area is 195 Å². The molecule has 0 aliphatic carbocycles. The molecule has 1 aliphatic heterocycles. The molecule has 0 unspecified atom stereocenters. The van der Waals surface area contributed by atoms with Crippen LogP contribution < -0.4 is 10.1 Å². The van der Waals surface area contributed by atoms with Gasteiger partial charge in [-0.25, -0.2) is 0 Å². The fraction of sp³-hybridized carbons (Fsp3) is 0.150. The molecule has 0 spiro atoms. The quantitative estimate of drug-likeness (QED) is 0.244. The van der Waals surface area contributed by atoms with Crippen molar-refractivity contribution in [1.29, 1.82) is 0 Å². The summed E-state index contributed by atoms with van der Waals surface area (Å²) in [7, 11) is 1.54. The summed E-state index contributed by atoms with van der Waals surface area (Å²) < 4.78 is 7.80. The minimum absolute atomic E-state index is 0.0519. The van der Waals surface area contributed by atoms with Crippen molar-refractivity contribution >= 4 is 80.4 Å². The Bertz CT molecular complexity index is 980. The summed E-state index contributed by atoms with van der Waals surface area (Å²) in [6, 6.07) is 12.0. The largest absolute Gasteiger partial charge is 0.487 e. The van der Waals surface area contributed by atoms with E-state index in [4.69, 9.17) is 17.0 Å². The van der Waals surface area contributed by atoms with Gasteiger partial charge in [0.25, 0.3) is 11.8 Å². The number of nitrogens with one attached hydrogen (secondary N) is 1. The molecule has 1 fully saturated rings. The van der Waals surface area contributed by atoms with Gasteiger partial charge in [0, 0.05) is 7.05 Å². The molecule has 2 amide bonds. The first-order valence-corrected chi connectivity index (χ1v) is 10.9. The van der Waals surface area contributed by atoms with E-state index in [0.717, 1.165) is 24.0 Å². The average Bonchev–Trinajstić information content (AvgIpc) is 2.64. The number of rotatable bonds is 4. The SMILES string of the molecule is Cc1ccc(COc2c(I)cc(/C=C3\C(=O)NC(=S)N(C)C3=O)cc2I)cc1. The molecule has 0 aromatic heterocycles. The maximum Gasteiger partial charge on any atom is 0.265 e. The Morgan fingerprint density at radius 3 is 2.36 bits per heavy atom. The van der Waals surface area contributed by atoms with Crippen LogP contribution in [0.5, 0.6) is 5.75 Å². The molecule has 3 rings (SSSR count). The van der Waals surface area contributed by atoms with E-state index in [1.165, 1.54) is 17.5 Å². The number of likely N-dealkylation sites (N-methyl/N-ethyl adjacent to an activating group) is 1. The van der Waals surface area contributed by atoms with Gasteiger partial charge in [-0.1, -0.05) is 29.8 Å². The predicted molar refractivity (Wildman–Crippen MR) is 129 cm³/mol. The third kappa shape index (κ3) is 4.71. The monoisotopic (exact) mass is 618 g/mol. The number of benzene rings is 2. The first kappa shape index (κ1) is 21.2. The van der Waals surface area contributed by atoms with E-state index >= 15 is 0 Å². The molecule has 0 bridgehead atoms. The highest BCUT2D eigenvalue weighted by Crippen LogP contribution is 2.31. The van der Waals surface area contributed by atoms with Crippen LogP contribution in [-0.4, -0.2) is 28.9 Å². The highest BCUT2D eigenvalue weighted by atomic mass is 127. The van der Waals surface area contributed by atoms with Gasteiger partial charge in [0.1, 0.15) is 17.9 Å². The van der Waals surface area contributed by atoms with Crippen molar-refractivity contribution in [3.63, 3.8) is 0 Å². The lowest BCUT2D eigenvalue weighted by atomic mass is 10.1. The van der Waals surface area contributed by atoms with Crippen LogP contribution >= 0.6 is 57.4 Å². The van der Waals surface area contributed by atoms with Crippen molar-refractivity contribution in [3.8, 4) is 5.75 Å². The zero-order chi connectivity index (χ0) is 20.4. The Morgan fingerprint density at radius 1 is 1.14 bits per heavy atom. The number of carbonyl (C=O) groups is 2. The summed E-state index contributed by atoms with van der Waals surface area (Å²) in [5.41, 5.74) is 3.09. The zero-order valence-electron chi connectivity index (χ0n) is 15.1. The van der Waals surface area contributed by atoms with Crippen molar-refractivity contribution < 1.29 is 14.3 Å². The van der Waals surface area contributed by atoms with E-state index in [2.05, 4.69) is 62.6 Å². The van der Waals surface area contributed by atoms with Crippen LogP contribution in [0.4, 0.5) is 0 Å². The summed E-state index contributed by atoms with van der Waals surface area (Å²) in [5.74, 6) is -0.127. The van der Waals surface area contributed by atoms with Gasteiger partial charge in [-0.15, -0.1) is 0 Å². The molecule has 5 nitrogen and oxygen atoms in total. The van der Waals surface area contributed by atoms with Gasteiger partial charge in [-0.2, -0.15) is 0 Å². The van der Waals surface area contributed by atoms with E-state index in [-0.39, 0.29) is 10.7 Å². The minimum Gasteiger partial charge on any atom is -0.487 e. The van der Waals surface area contributed by atoms with Gasteiger partial charge in [0.05, 0.1) is 7.14 Å². The average molecular weight is 618 g/mol. The van der Waals surface area contributed by atoms with Gasteiger partial charge in [0.15, 0.2) is 5.11 Å². The molecule has 144 valence electrons. The molecule has 28 heavy (non-hydrogen) atoms. The normalized spacial score (nSPS) is 15.8. The topological polar surface area (TPSA) is 58.6 Å². The highest BCUT2D eigenvalue weighted by Gasteiger charge is 2.30. The first-order valence-electron chi connectivity index (χ1n) is 8.28. The zero-order valence-corrected chi connectivity index (χ0v) is 20.2. The second-order valence-electron chi connectivity index (χ2n) is 6.27. The first-order chi connectivity index (χ1) is 13.3. The number of aryl methyl sites for hydroxylation is 1. The van der Waals surface area contributed by atoms with Crippen LogP contribution in [0.1, 0.15) is 16.7 Å². The van der Waals surface area contributed by atoms with Gasteiger partial charge < -0.3 is 4.74 Å². The van der Waals surface area contributed by atoms with Crippen molar-refractivity contribution in [2.24, 2.45) is 0 Å². The standard InChI is InChI=1S/C20H16I2N2O3S/c1-11-3-5-12(6-4-11)10-27-17-15(21)8-13(9-16(17)22)7-14-18(25)23-20(28)24(2)19(14)26/h3-9H,10H2,1-2H3,(H,23,25,28)/b14-7+. The van der Waals surface area contributed by atoms with Crippen molar-refractivity contribution in [2.75, 3.05) is 7.05 Å². The Hall–Kier alpha value is -1.53. The third-order valence-corrected chi connectivity index (χ3v) is 6.12. The Morgan fingerprint density at radius 2 is 1.75 bits per heavy atom. The number of carbonyl (C=O) groups excluding carboxylic acids is 2. The van der Waals surface area contributed by atoms with Gasteiger partial charge in [-0.3, -0.25) is 19.8 Å². The Kier molecular flexibility index (Phi) is 6.71. The fourth-order valence-electron chi connectivity index (χ4n) is 2.55. The Balaban J connectivity index is 1.83. The van der Waals surface area contributed by atoms with Gasteiger partial charge in [-0.05, 0) is 93.7 Å². The summed E-state index contributed by atoms with van der Waals surface area (Å²) >= 11 is 9.35. The maximum atomic E-state index is 12.4. The van der Waals surface area contributed by atoms with Crippen LogP contribution in [0, 0.1) is 14.1 Å². The molecule has 0 atom stereocenters. The van der Waals surface area contributed by atoms with Crippen LogP contribution in [-0.2, 0) is 16.2 Å². The predicted octanol–water partition coefficient (Wildman–Crippen LogP) is 4.04. The number of thiocarbonyl (C=S) groups is 1. The van der Waals surface area contributed by atoms with E-state index < -0.39 is 11.8 Å². The number of halogens is 2. The molecule has 1 aliphatic rings. The summed E-state index contributed by atoms with van der Waals surface area (Å²) in [5, 5.41) is 2.62. The molecule has 2 aromatic carbocycles. The molecular formula is C20H16I2N2O3S. The molecular weight excluding hydrogens is 602 g/mol. The van der Waals surface area contributed by atoms with Crippen LogP contribution in [0.15, 0.2) is 42.0 Å². The molecule has 2 aromatic rings. The maximum absolute atomic E-state index is 12.4. The van der Waals surface area contributed by atoms with Crippen molar-refractivity contribution in [2.45, 2.75) is 13.5 Å². The van der Waals surface area contributed by atoms with Gasteiger partial charge >= 0.3 is 0 Å². The van der Waals surface area contributed by atoms with Crippen molar-refractivity contribution in [1.82, 2.24) is 10.2 Å². The van der Waals surface area contributed by atoms with E-state index in [0.29, 0.717) is 6.61 Å². The van der Waals surface area contributed by atoms with Crippen LogP contribution in [0.2, 0.25) is 0 Å². The number of hydrogen-bond donors (Lipinski definition) is 1. The number of amides is 2.